The minimum atomic E-state index is -1.71. The summed E-state index contributed by atoms with van der Waals surface area (Å²) in [6.45, 7) is 0.704. The van der Waals surface area contributed by atoms with Gasteiger partial charge in [0.2, 0.25) is 11.5 Å². The molecule has 206 valence electrons. The van der Waals surface area contributed by atoms with Gasteiger partial charge in [-0.05, 0) is 42.3 Å². The number of imidazole rings is 1. The van der Waals surface area contributed by atoms with Crippen molar-refractivity contribution >= 4 is 23.3 Å². The lowest BCUT2D eigenvalue weighted by Gasteiger charge is -2.41. The lowest BCUT2D eigenvalue weighted by molar-refractivity contribution is -0.148. The molecule has 0 saturated carbocycles. The number of hydrogen-bond acceptors (Lipinski definition) is 7. The Morgan fingerprint density at radius 2 is 2.05 bits per heavy atom. The zero-order valence-electron chi connectivity index (χ0n) is 21.9. The van der Waals surface area contributed by atoms with Gasteiger partial charge in [-0.2, -0.15) is 5.26 Å². The fraction of sp³-hybridized carbons (Fsp3) is 0.233. The summed E-state index contributed by atoms with van der Waals surface area (Å²) in [5.74, 6) is -1.82. The van der Waals surface area contributed by atoms with Crippen LogP contribution in [0.2, 0.25) is 5.02 Å². The number of aromatic nitrogens is 3. The highest BCUT2D eigenvalue weighted by atomic mass is 35.5. The molecule has 6 rings (SSSR count). The molecule has 1 fully saturated rings. The summed E-state index contributed by atoms with van der Waals surface area (Å²) in [4.78, 5) is 37.1. The quantitative estimate of drug-likeness (QED) is 0.303. The number of pyridine rings is 1. The molecule has 2 atom stereocenters. The number of ether oxygens (including phenoxy) is 2. The molecule has 2 aromatic heterocycles. The molecule has 9 nitrogen and oxygen atoms in total. The van der Waals surface area contributed by atoms with E-state index in [4.69, 9.17) is 21.1 Å². The number of halogens is 2. The van der Waals surface area contributed by atoms with Crippen molar-refractivity contribution in [1.82, 2.24) is 19.4 Å². The molecule has 0 spiro atoms. The molecule has 1 saturated heterocycles. The summed E-state index contributed by atoms with van der Waals surface area (Å²) in [5.41, 5.74) is -0.303. The van der Waals surface area contributed by atoms with Gasteiger partial charge in [-0.1, -0.05) is 29.8 Å². The van der Waals surface area contributed by atoms with Gasteiger partial charge in [-0.25, -0.2) is 14.4 Å². The molecule has 0 bridgehead atoms. The van der Waals surface area contributed by atoms with E-state index in [1.165, 1.54) is 29.7 Å². The van der Waals surface area contributed by atoms with Crippen LogP contribution in [0.1, 0.15) is 55.2 Å². The summed E-state index contributed by atoms with van der Waals surface area (Å²) >= 11 is 6.21. The number of aryl methyl sites for hydroxylation is 1. The molecule has 11 heteroatoms. The van der Waals surface area contributed by atoms with Crippen LogP contribution >= 0.6 is 11.6 Å². The minimum absolute atomic E-state index is 0.000231. The highest BCUT2D eigenvalue weighted by Gasteiger charge is 2.55. The smallest absolute Gasteiger partial charge is 0.257 e. The van der Waals surface area contributed by atoms with Crippen molar-refractivity contribution in [3.63, 3.8) is 0 Å². The average Bonchev–Trinajstić information content (AvgIpc) is 3.70. The molecular weight excluding hydrogens is 549 g/mol. The number of benzene rings is 2. The molecule has 1 amide bonds. The van der Waals surface area contributed by atoms with Crippen molar-refractivity contribution in [1.29, 1.82) is 5.26 Å². The van der Waals surface area contributed by atoms with Gasteiger partial charge in [-0.15, -0.1) is 0 Å². The molecule has 1 unspecified atom stereocenters. The third-order valence-electron chi connectivity index (χ3n) is 7.23. The normalized spacial score (nSPS) is 19.8. The van der Waals surface area contributed by atoms with Crippen LogP contribution in [0.3, 0.4) is 0 Å². The Balaban J connectivity index is 1.55. The Labute approximate surface area is 239 Å². The fourth-order valence-electron chi connectivity index (χ4n) is 5.32. The van der Waals surface area contributed by atoms with Crippen molar-refractivity contribution in [3.8, 4) is 6.07 Å². The Morgan fingerprint density at radius 1 is 1.24 bits per heavy atom. The van der Waals surface area contributed by atoms with Gasteiger partial charge >= 0.3 is 0 Å². The molecule has 4 heterocycles. The number of carbonyl (C=O) groups excluding carboxylic acids is 2. The van der Waals surface area contributed by atoms with Crippen molar-refractivity contribution in [3.05, 3.63) is 117 Å². The SMILES string of the molecule is Cn1cnc(C(=O)c2cc(F)c3c(c2)C(=O)N(Cc2ccc(C#N)nc2)C3(O[C@H]2CCOC2)c2ccc(Cl)cc2)c1. The van der Waals surface area contributed by atoms with E-state index >= 15 is 4.39 Å². The number of fused-ring (bicyclic) bond motifs is 1. The monoisotopic (exact) mass is 571 g/mol. The lowest BCUT2D eigenvalue weighted by Crippen LogP contribution is -2.49. The summed E-state index contributed by atoms with van der Waals surface area (Å²) < 4.78 is 30.3. The third kappa shape index (κ3) is 4.68. The van der Waals surface area contributed by atoms with Gasteiger partial charge in [0, 0.05) is 42.2 Å². The first-order valence-corrected chi connectivity index (χ1v) is 13.2. The number of ketones is 1. The number of carbonyl (C=O) groups is 2. The molecule has 4 aromatic rings. The number of nitriles is 1. The molecule has 41 heavy (non-hydrogen) atoms. The van der Waals surface area contributed by atoms with Crippen LogP contribution < -0.4 is 0 Å². The molecule has 2 aromatic carbocycles. The first-order valence-electron chi connectivity index (χ1n) is 12.9. The largest absolute Gasteiger partial charge is 0.379 e. The van der Waals surface area contributed by atoms with E-state index in [1.807, 2.05) is 6.07 Å². The second-order valence-electron chi connectivity index (χ2n) is 9.94. The Kier molecular flexibility index (Phi) is 6.87. The maximum atomic E-state index is 16.4. The van der Waals surface area contributed by atoms with Crippen LogP contribution in [0.25, 0.3) is 0 Å². The van der Waals surface area contributed by atoms with Crippen molar-refractivity contribution in [2.75, 3.05) is 13.2 Å². The molecule has 2 aliphatic heterocycles. The van der Waals surface area contributed by atoms with Crippen molar-refractivity contribution in [2.45, 2.75) is 24.8 Å². The van der Waals surface area contributed by atoms with E-state index in [0.717, 1.165) is 6.07 Å². The molecule has 0 aliphatic carbocycles. The first kappa shape index (κ1) is 26.8. The summed E-state index contributed by atoms with van der Waals surface area (Å²) in [6.07, 6.45) is 4.59. The summed E-state index contributed by atoms with van der Waals surface area (Å²) in [7, 11) is 1.72. The zero-order valence-corrected chi connectivity index (χ0v) is 22.6. The lowest BCUT2D eigenvalue weighted by atomic mass is 9.90. The Bertz CT molecular complexity index is 1690. The molecule has 0 radical (unpaired) electrons. The average molecular weight is 572 g/mol. The number of amides is 1. The van der Waals surface area contributed by atoms with Crippen molar-refractivity contribution in [2.24, 2.45) is 7.05 Å². The van der Waals surface area contributed by atoms with E-state index in [0.29, 0.717) is 29.2 Å². The van der Waals surface area contributed by atoms with E-state index in [-0.39, 0.29) is 41.2 Å². The van der Waals surface area contributed by atoms with E-state index in [2.05, 4.69) is 9.97 Å². The second-order valence-corrected chi connectivity index (χ2v) is 10.4. The highest BCUT2D eigenvalue weighted by molar-refractivity contribution is 6.30. The fourth-order valence-corrected chi connectivity index (χ4v) is 5.44. The zero-order chi connectivity index (χ0) is 28.7. The maximum Gasteiger partial charge on any atom is 0.257 e. The minimum Gasteiger partial charge on any atom is -0.379 e. The molecule has 0 N–H and O–H groups in total. The van der Waals surface area contributed by atoms with Gasteiger partial charge in [-0.3, -0.25) is 14.5 Å². The Morgan fingerprint density at radius 3 is 2.68 bits per heavy atom. The second kappa shape index (κ2) is 10.5. The molecular formula is C30H23ClFN5O4. The summed E-state index contributed by atoms with van der Waals surface area (Å²) in [5, 5.41) is 9.63. The first-order chi connectivity index (χ1) is 19.8. The number of rotatable bonds is 7. The van der Waals surface area contributed by atoms with Crippen LogP contribution in [-0.2, 0) is 28.8 Å². The number of hydrogen-bond donors (Lipinski definition) is 0. The number of nitrogens with zero attached hydrogens (tertiary/aromatic N) is 5. The van der Waals surface area contributed by atoms with Crippen LogP contribution in [0.5, 0.6) is 0 Å². The molecule has 2 aliphatic rings. The van der Waals surface area contributed by atoms with Crippen molar-refractivity contribution < 1.29 is 23.5 Å². The van der Waals surface area contributed by atoms with Crippen LogP contribution in [0.15, 0.2) is 67.3 Å². The third-order valence-corrected chi connectivity index (χ3v) is 7.48. The van der Waals surface area contributed by atoms with Crippen LogP contribution in [0, 0.1) is 17.1 Å². The Hall–Kier alpha value is -4.43. The predicted molar refractivity (Wildman–Crippen MR) is 144 cm³/mol. The summed E-state index contributed by atoms with van der Waals surface area (Å²) in [6, 6.07) is 14.4. The maximum absolute atomic E-state index is 16.4. The van der Waals surface area contributed by atoms with E-state index in [1.54, 1.807) is 48.0 Å². The van der Waals surface area contributed by atoms with Gasteiger partial charge in [0.15, 0.2) is 0 Å². The van der Waals surface area contributed by atoms with Crippen LogP contribution in [0.4, 0.5) is 4.39 Å². The van der Waals surface area contributed by atoms with E-state index in [9.17, 15) is 14.9 Å². The van der Waals surface area contributed by atoms with E-state index < -0.39 is 29.3 Å². The highest BCUT2D eigenvalue weighted by Crippen LogP contribution is 2.49. The van der Waals surface area contributed by atoms with Gasteiger partial charge < -0.3 is 14.0 Å². The van der Waals surface area contributed by atoms with Gasteiger partial charge in [0.25, 0.3) is 5.91 Å². The van der Waals surface area contributed by atoms with Gasteiger partial charge in [0.05, 0.1) is 36.7 Å². The topological polar surface area (TPSA) is 110 Å². The predicted octanol–water partition coefficient (Wildman–Crippen LogP) is 4.37. The standard InChI is InChI=1S/C30H23ClFN5O4/c1-36-15-26(35-17-36)28(38)19-10-24-27(25(32)11-19)30(41-23-8-9-40-16-23,20-3-5-21(31)6-4-20)37(29(24)39)14-18-2-7-22(12-33)34-13-18/h2-7,10-11,13,15,17,23H,8-9,14,16H2,1H3/t23-,30?/m0/s1. The van der Waals surface area contributed by atoms with Gasteiger partial charge in [0.1, 0.15) is 23.3 Å². The van der Waals surface area contributed by atoms with Crippen LogP contribution in [-0.4, -0.2) is 50.4 Å².